The number of fused-ring (bicyclic) bond motifs is 1. The van der Waals surface area contributed by atoms with E-state index in [-0.39, 0.29) is 0 Å². The molecule has 4 heteroatoms. The summed E-state index contributed by atoms with van der Waals surface area (Å²) in [4.78, 5) is 0. The smallest absolute Gasteiger partial charge is 0.149 e. The lowest BCUT2D eigenvalue weighted by Crippen LogP contribution is -2.25. The van der Waals surface area contributed by atoms with Gasteiger partial charge in [0.1, 0.15) is 22.2 Å². The lowest BCUT2D eigenvalue weighted by molar-refractivity contribution is 0.110. The first kappa shape index (κ1) is 7.16. The fraction of sp³-hybridized carbons (Fsp3) is 1.00. The van der Waals surface area contributed by atoms with Crippen LogP contribution in [0.5, 0.6) is 0 Å². The van der Waals surface area contributed by atoms with Crippen LogP contribution in [0.25, 0.3) is 0 Å². The standard InChI is InChI=1S/C6H10O2S2/c9-10-7-5-3-1-2-4-6(5)8-10/h5-6H,1-4H2. The molecule has 0 N–H and O–H groups in total. The first-order valence-electron chi connectivity index (χ1n) is 3.62. The first-order valence-corrected chi connectivity index (χ1v) is 5.62. The van der Waals surface area contributed by atoms with Crippen LogP contribution in [0.15, 0.2) is 0 Å². The average Bonchev–Trinajstić information content (AvgIpc) is 2.27. The van der Waals surface area contributed by atoms with E-state index in [1.807, 2.05) is 0 Å². The van der Waals surface area contributed by atoms with Gasteiger partial charge in [-0.05, 0) is 12.8 Å². The summed E-state index contributed by atoms with van der Waals surface area (Å²) in [5, 5.41) is 0. The largest absolute Gasteiger partial charge is 0.284 e. The third-order valence-electron chi connectivity index (χ3n) is 2.05. The van der Waals surface area contributed by atoms with Gasteiger partial charge in [-0.2, -0.15) is 0 Å². The van der Waals surface area contributed by atoms with Gasteiger partial charge in [0.15, 0.2) is 0 Å². The van der Waals surface area contributed by atoms with E-state index in [0.29, 0.717) is 12.2 Å². The molecule has 2 rings (SSSR count). The van der Waals surface area contributed by atoms with Crippen molar-refractivity contribution in [3.8, 4) is 0 Å². The molecule has 2 unspecified atom stereocenters. The molecule has 10 heavy (non-hydrogen) atoms. The van der Waals surface area contributed by atoms with E-state index in [9.17, 15) is 0 Å². The molecule has 1 aliphatic carbocycles. The second-order valence-corrected chi connectivity index (χ2v) is 4.37. The fourth-order valence-electron chi connectivity index (χ4n) is 1.51. The maximum atomic E-state index is 5.39. The van der Waals surface area contributed by atoms with Crippen molar-refractivity contribution in [3.05, 3.63) is 0 Å². The molecule has 2 nitrogen and oxygen atoms in total. The van der Waals surface area contributed by atoms with E-state index in [4.69, 9.17) is 19.6 Å². The zero-order valence-corrected chi connectivity index (χ0v) is 7.25. The Morgan fingerprint density at radius 2 is 1.60 bits per heavy atom. The minimum atomic E-state index is -0.609. The van der Waals surface area contributed by atoms with E-state index in [2.05, 4.69) is 0 Å². The SMILES string of the molecule is S=S1OC2CCCCC2O1. The highest BCUT2D eigenvalue weighted by molar-refractivity contribution is 8.23. The minimum absolute atomic E-state index is 0.328. The molecule has 1 saturated heterocycles. The summed E-state index contributed by atoms with van der Waals surface area (Å²) in [6, 6.07) is 0. The number of hydrogen-bond donors (Lipinski definition) is 0. The van der Waals surface area contributed by atoms with Crippen LogP contribution in [-0.2, 0) is 29.6 Å². The zero-order valence-electron chi connectivity index (χ0n) is 5.62. The van der Waals surface area contributed by atoms with Crippen molar-refractivity contribution >= 4 is 21.2 Å². The van der Waals surface area contributed by atoms with Crippen molar-refractivity contribution < 1.29 is 8.37 Å². The highest BCUT2D eigenvalue weighted by Gasteiger charge is 2.34. The highest BCUT2D eigenvalue weighted by atomic mass is 32.8. The van der Waals surface area contributed by atoms with E-state index in [0.717, 1.165) is 12.8 Å². The van der Waals surface area contributed by atoms with Gasteiger partial charge in [-0.1, -0.05) is 12.8 Å². The van der Waals surface area contributed by atoms with Gasteiger partial charge in [0.2, 0.25) is 0 Å². The fourth-order valence-corrected chi connectivity index (χ4v) is 3.00. The monoisotopic (exact) mass is 178 g/mol. The van der Waals surface area contributed by atoms with E-state index >= 15 is 0 Å². The highest BCUT2D eigenvalue weighted by Crippen LogP contribution is 2.30. The Morgan fingerprint density at radius 1 is 1.10 bits per heavy atom. The Balaban J connectivity index is 2.04. The molecule has 0 bridgehead atoms. The molecule has 2 aliphatic rings. The average molecular weight is 178 g/mol. The van der Waals surface area contributed by atoms with Gasteiger partial charge >= 0.3 is 0 Å². The summed E-state index contributed by atoms with van der Waals surface area (Å²) in [5.41, 5.74) is 0. The molecule has 0 radical (unpaired) electrons. The third-order valence-corrected chi connectivity index (χ3v) is 3.33. The summed E-state index contributed by atoms with van der Waals surface area (Å²) in [5.74, 6) is 0. The van der Waals surface area contributed by atoms with Crippen molar-refractivity contribution in [1.29, 1.82) is 0 Å². The van der Waals surface area contributed by atoms with Crippen LogP contribution in [0.3, 0.4) is 0 Å². The normalized spacial score (nSPS) is 47.0. The Bertz CT molecular complexity index is 144. The van der Waals surface area contributed by atoms with Crippen LogP contribution in [0.4, 0.5) is 0 Å². The van der Waals surface area contributed by atoms with Crippen LogP contribution in [0, 0.1) is 0 Å². The van der Waals surface area contributed by atoms with Gasteiger partial charge < -0.3 is 0 Å². The summed E-state index contributed by atoms with van der Waals surface area (Å²) in [6.07, 6.45) is 5.49. The van der Waals surface area contributed by atoms with Gasteiger partial charge in [0, 0.05) is 11.2 Å². The lowest BCUT2D eigenvalue weighted by atomic mass is 9.95. The maximum absolute atomic E-state index is 5.39. The Kier molecular flexibility index (Phi) is 2.04. The molecule has 1 aliphatic heterocycles. The molecule has 1 saturated carbocycles. The van der Waals surface area contributed by atoms with Gasteiger partial charge in [-0.15, -0.1) is 0 Å². The maximum Gasteiger partial charge on any atom is 0.149 e. The lowest BCUT2D eigenvalue weighted by Gasteiger charge is -2.19. The Morgan fingerprint density at radius 3 is 2.10 bits per heavy atom. The predicted molar refractivity (Wildman–Crippen MR) is 42.9 cm³/mol. The second-order valence-electron chi connectivity index (χ2n) is 2.76. The molecule has 0 aromatic rings. The molecule has 1 heterocycles. The number of hydrogen-bond acceptors (Lipinski definition) is 3. The van der Waals surface area contributed by atoms with Crippen LogP contribution in [0.2, 0.25) is 0 Å². The summed E-state index contributed by atoms with van der Waals surface area (Å²) in [6.45, 7) is 0. The molecule has 58 valence electrons. The Labute approximate surface area is 67.9 Å². The van der Waals surface area contributed by atoms with Gasteiger partial charge in [-0.25, -0.2) is 0 Å². The van der Waals surface area contributed by atoms with Gasteiger partial charge in [-0.3, -0.25) is 8.37 Å². The van der Waals surface area contributed by atoms with Crippen molar-refractivity contribution in [1.82, 2.24) is 0 Å². The molecule has 0 aromatic heterocycles. The van der Waals surface area contributed by atoms with Crippen LogP contribution in [-0.4, -0.2) is 12.2 Å². The third kappa shape index (κ3) is 1.25. The molecule has 0 amide bonds. The second kappa shape index (κ2) is 2.85. The van der Waals surface area contributed by atoms with Crippen LogP contribution >= 0.6 is 0 Å². The Hall–Kier alpha value is 0.490. The van der Waals surface area contributed by atoms with Crippen LogP contribution < -0.4 is 0 Å². The summed E-state index contributed by atoms with van der Waals surface area (Å²) in [7, 11) is -0.609. The van der Waals surface area contributed by atoms with Crippen molar-refractivity contribution in [2.45, 2.75) is 37.9 Å². The van der Waals surface area contributed by atoms with E-state index in [1.54, 1.807) is 0 Å². The first-order chi connectivity index (χ1) is 4.86. The summed E-state index contributed by atoms with van der Waals surface area (Å²) < 4.78 is 10.8. The topological polar surface area (TPSA) is 18.5 Å². The number of rotatable bonds is 0. The molecular weight excluding hydrogens is 168 g/mol. The van der Waals surface area contributed by atoms with Gasteiger partial charge in [0.25, 0.3) is 0 Å². The van der Waals surface area contributed by atoms with Crippen LogP contribution in [0.1, 0.15) is 25.7 Å². The van der Waals surface area contributed by atoms with Crippen molar-refractivity contribution in [3.63, 3.8) is 0 Å². The molecule has 0 aromatic carbocycles. The van der Waals surface area contributed by atoms with Crippen molar-refractivity contribution in [2.24, 2.45) is 0 Å². The van der Waals surface area contributed by atoms with Crippen molar-refractivity contribution in [2.75, 3.05) is 0 Å². The minimum Gasteiger partial charge on any atom is -0.284 e. The predicted octanol–water partition coefficient (Wildman–Crippen LogP) is 1.25. The van der Waals surface area contributed by atoms with E-state index in [1.165, 1.54) is 12.8 Å². The zero-order chi connectivity index (χ0) is 6.97. The molecule has 2 atom stereocenters. The molecular formula is C6H10O2S2. The summed E-state index contributed by atoms with van der Waals surface area (Å²) >= 11 is 4.90. The van der Waals surface area contributed by atoms with Gasteiger partial charge in [0.05, 0.1) is 0 Å². The molecule has 2 fully saturated rings. The molecule has 0 spiro atoms. The van der Waals surface area contributed by atoms with E-state index < -0.39 is 10.0 Å². The quantitative estimate of drug-likeness (QED) is 0.556.